The Morgan fingerprint density at radius 3 is 2.76 bits per heavy atom. The van der Waals surface area contributed by atoms with E-state index in [0.717, 1.165) is 23.5 Å². The number of hydrogen-bond acceptors (Lipinski definition) is 5. The average Bonchev–Trinajstić information content (AvgIpc) is 3.04. The standard InChI is InChI=1S/C23H24N4O2/c1-4-29-21-12-8-6-10-18(21)26-22-14-19(24-16(3)25-22)23(28)27-15(2)13-17-9-5-7-11-20(17)27/h5-12,14-15H,4,13H2,1-3H3,(H,24,25,26). The van der Waals surface area contributed by atoms with Gasteiger partial charge in [-0.15, -0.1) is 0 Å². The molecule has 0 spiro atoms. The second-order valence-corrected chi connectivity index (χ2v) is 7.10. The highest BCUT2D eigenvalue weighted by Gasteiger charge is 2.32. The summed E-state index contributed by atoms with van der Waals surface area (Å²) >= 11 is 0. The smallest absolute Gasteiger partial charge is 0.277 e. The summed E-state index contributed by atoms with van der Waals surface area (Å²) in [6.07, 6.45) is 0.846. The van der Waals surface area contributed by atoms with Crippen LogP contribution in [0.3, 0.4) is 0 Å². The van der Waals surface area contributed by atoms with Gasteiger partial charge in [0.05, 0.1) is 12.3 Å². The number of anilines is 3. The van der Waals surface area contributed by atoms with Crippen LogP contribution in [0.2, 0.25) is 0 Å². The number of ether oxygens (including phenoxy) is 1. The molecule has 1 atom stereocenters. The fourth-order valence-electron chi connectivity index (χ4n) is 3.73. The number of nitrogens with zero attached hydrogens (tertiary/aromatic N) is 3. The van der Waals surface area contributed by atoms with E-state index in [0.29, 0.717) is 23.9 Å². The Labute approximate surface area is 170 Å². The van der Waals surface area contributed by atoms with Crippen molar-refractivity contribution < 1.29 is 9.53 Å². The van der Waals surface area contributed by atoms with E-state index in [2.05, 4.69) is 28.3 Å². The number of para-hydroxylation sites is 3. The molecule has 0 bridgehead atoms. The van der Waals surface area contributed by atoms with Gasteiger partial charge in [0.25, 0.3) is 5.91 Å². The van der Waals surface area contributed by atoms with Crippen molar-refractivity contribution in [2.24, 2.45) is 0 Å². The molecule has 1 aliphatic heterocycles. The second kappa shape index (κ2) is 7.91. The van der Waals surface area contributed by atoms with E-state index in [-0.39, 0.29) is 11.9 Å². The van der Waals surface area contributed by atoms with Crippen LogP contribution in [0, 0.1) is 6.92 Å². The lowest BCUT2D eigenvalue weighted by Gasteiger charge is -2.22. The summed E-state index contributed by atoms with van der Waals surface area (Å²) in [5.41, 5.74) is 3.31. The third-order valence-corrected chi connectivity index (χ3v) is 4.93. The number of rotatable bonds is 5. The summed E-state index contributed by atoms with van der Waals surface area (Å²) < 4.78 is 5.67. The van der Waals surface area contributed by atoms with Crippen molar-refractivity contribution in [2.75, 3.05) is 16.8 Å². The Hall–Kier alpha value is -3.41. The number of hydrogen-bond donors (Lipinski definition) is 1. The van der Waals surface area contributed by atoms with E-state index in [4.69, 9.17) is 4.74 Å². The summed E-state index contributed by atoms with van der Waals surface area (Å²) in [6.45, 7) is 6.36. The van der Waals surface area contributed by atoms with Crippen LogP contribution in [0.15, 0.2) is 54.6 Å². The van der Waals surface area contributed by atoms with E-state index < -0.39 is 0 Å². The molecule has 148 valence electrons. The van der Waals surface area contributed by atoms with Crippen molar-refractivity contribution in [1.29, 1.82) is 0 Å². The highest BCUT2D eigenvalue weighted by molar-refractivity contribution is 6.07. The van der Waals surface area contributed by atoms with Crippen LogP contribution >= 0.6 is 0 Å². The molecule has 1 aliphatic rings. The van der Waals surface area contributed by atoms with Gasteiger partial charge in [-0.1, -0.05) is 30.3 Å². The van der Waals surface area contributed by atoms with Gasteiger partial charge in [-0.3, -0.25) is 4.79 Å². The quantitative estimate of drug-likeness (QED) is 0.696. The predicted molar refractivity (Wildman–Crippen MR) is 114 cm³/mol. The largest absolute Gasteiger partial charge is 0.492 e. The van der Waals surface area contributed by atoms with Crippen LogP contribution in [0.25, 0.3) is 0 Å². The minimum Gasteiger partial charge on any atom is -0.492 e. The molecule has 0 saturated heterocycles. The molecule has 1 aromatic heterocycles. The summed E-state index contributed by atoms with van der Waals surface area (Å²) in [4.78, 5) is 24.0. The molecule has 1 N–H and O–H groups in total. The van der Waals surface area contributed by atoms with Crippen LogP contribution in [-0.2, 0) is 6.42 Å². The first-order valence-electron chi connectivity index (χ1n) is 9.83. The minimum absolute atomic E-state index is 0.0882. The summed E-state index contributed by atoms with van der Waals surface area (Å²) in [6, 6.07) is 17.5. The number of carbonyl (C=O) groups is 1. The van der Waals surface area contributed by atoms with Gasteiger partial charge in [-0.2, -0.15) is 0 Å². The number of amides is 1. The Balaban J connectivity index is 1.65. The first kappa shape index (κ1) is 18.9. The highest BCUT2D eigenvalue weighted by Crippen LogP contribution is 2.33. The molecule has 0 saturated carbocycles. The Kier molecular flexibility index (Phi) is 5.16. The minimum atomic E-state index is -0.117. The van der Waals surface area contributed by atoms with Gasteiger partial charge < -0.3 is 15.0 Å². The maximum absolute atomic E-state index is 13.3. The third-order valence-electron chi connectivity index (χ3n) is 4.93. The van der Waals surface area contributed by atoms with E-state index in [1.54, 1.807) is 13.0 Å². The van der Waals surface area contributed by atoms with E-state index >= 15 is 0 Å². The number of carbonyl (C=O) groups excluding carboxylic acids is 1. The second-order valence-electron chi connectivity index (χ2n) is 7.10. The number of benzene rings is 2. The fraction of sp³-hybridized carbons (Fsp3) is 0.261. The maximum atomic E-state index is 13.3. The van der Waals surface area contributed by atoms with Crippen molar-refractivity contribution in [2.45, 2.75) is 33.2 Å². The van der Waals surface area contributed by atoms with Crippen molar-refractivity contribution in [3.05, 3.63) is 71.7 Å². The lowest BCUT2D eigenvalue weighted by Crippen LogP contribution is -2.36. The van der Waals surface area contributed by atoms with Gasteiger partial charge in [-0.05, 0) is 51.0 Å². The number of nitrogens with one attached hydrogen (secondary N) is 1. The zero-order valence-electron chi connectivity index (χ0n) is 16.8. The average molecular weight is 388 g/mol. The molecule has 1 amide bonds. The van der Waals surface area contributed by atoms with Crippen LogP contribution in [0.4, 0.5) is 17.2 Å². The first-order valence-corrected chi connectivity index (χ1v) is 9.83. The monoisotopic (exact) mass is 388 g/mol. The lowest BCUT2D eigenvalue weighted by atomic mass is 10.1. The van der Waals surface area contributed by atoms with Crippen molar-refractivity contribution in [1.82, 2.24) is 9.97 Å². The number of fused-ring (bicyclic) bond motifs is 1. The predicted octanol–water partition coefficient (Wildman–Crippen LogP) is 4.52. The SMILES string of the molecule is CCOc1ccccc1Nc1cc(C(=O)N2c3ccccc3CC2C)nc(C)n1. The van der Waals surface area contributed by atoms with E-state index in [1.807, 2.05) is 54.3 Å². The van der Waals surface area contributed by atoms with Crippen molar-refractivity contribution >= 4 is 23.1 Å². The van der Waals surface area contributed by atoms with Crippen LogP contribution in [0.1, 0.15) is 35.7 Å². The normalized spacial score (nSPS) is 15.1. The zero-order valence-corrected chi connectivity index (χ0v) is 16.8. The molecule has 4 rings (SSSR count). The third kappa shape index (κ3) is 3.78. The topological polar surface area (TPSA) is 67.3 Å². The molecule has 3 aromatic rings. The first-order chi connectivity index (χ1) is 14.1. The summed E-state index contributed by atoms with van der Waals surface area (Å²) in [5.74, 6) is 1.72. The van der Waals surface area contributed by atoms with Crippen LogP contribution in [0.5, 0.6) is 5.75 Å². The lowest BCUT2D eigenvalue weighted by molar-refractivity contribution is 0.0976. The molecule has 6 heteroatoms. The summed E-state index contributed by atoms with van der Waals surface area (Å²) in [7, 11) is 0. The Bertz CT molecular complexity index is 1050. The van der Waals surface area contributed by atoms with Crippen LogP contribution < -0.4 is 15.0 Å². The van der Waals surface area contributed by atoms with Gasteiger partial charge in [0.1, 0.15) is 23.1 Å². The molecule has 2 heterocycles. The molecule has 2 aromatic carbocycles. The van der Waals surface area contributed by atoms with Gasteiger partial charge in [0.15, 0.2) is 0 Å². The Morgan fingerprint density at radius 2 is 1.93 bits per heavy atom. The molecule has 1 unspecified atom stereocenters. The summed E-state index contributed by atoms with van der Waals surface area (Å²) in [5, 5.41) is 3.27. The fourth-order valence-corrected chi connectivity index (χ4v) is 3.73. The maximum Gasteiger partial charge on any atom is 0.277 e. The van der Waals surface area contributed by atoms with E-state index in [1.165, 1.54) is 5.56 Å². The molecule has 0 aliphatic carbocycles. The number of aryl methyl sites for hydroxylation is 1. The van der Waals surface area contributed by atoms with Gasteiger partial charge >= 0.3 is 0 Å². The molecule has 6 nitrogen and oxygen atoms in total. The Morgan fingerprint density at radius 1 is 1.17 bits per heavy atom. The van der Waals surface area contributed by atoms with E-state index in [9.17, 15) is 4.79 Å². The van der Waals surface area contributed by atoms with Gasteiger partial charge in [0, 0.05) is 17.8 Å². The van der Waals surface area contributed by atoms with Crippen molar-refractivity contribution in [3.8, 4) is 5.75 Å². The zero-order chi connectivity index (χ0) is 20.4. The highest BCUT2D eigenvalue weighted by atomic mass is 16.5. The van der Waals surface area contributed by atoms with Crippen LogP contribution in [-0.4, -0.2) is 28.5 Å². The number of aromatic nitrogens is 2. The molecule has 0 radical (unpaired) electrons. The molecule has 0 fully saturated rings. The van der Waals surface area contributed by atoms with Crippen molar-refractivity contribution in [3.63, 3.8) is 0 Å². The molecule has 29 heavy (non-hydrogen) atoms. The molecular weight excluding hydrogens is 364 g/mol. The van der Waals surface area contributed by atoms with Gasteiger partial charge in [-0.25, -0.2) is 9.97 Å². The van der Waals surface area contributed by atoms with Gasteiger partial charge in [0.2, 0.25) is 0 Å². The molecular formula is C23H24N4O2.